The SMILES string of the molecule is CCN(Cc1cccc(F)c1)C(=O)CN1CCCC1c1cccc(C)c1. The summed E-state index contributed by atoms with van der Waals surface area (Å²) in [6.07, 6.45) is 2.20. The first-order chi connectivity index (χ1) is 12.6. The van der Waals surface area contributed by atoms with E-state index in [1.54, 1.807) is 11.0 Å². The number of benzene rings is 2. The van der Waals surface area contributed by atoms with E-state index >= 15 is 0 Å². The predicted octanol–water partition coefficient (Wildman–Crippen LogP) is 4.32. The van der Waals surface area contributed by atoms with Crippen molar-refractivity contribution in [2.24, 2.45) is 0 Å². The number of halogens is 1. The molecule has 4 heteroatoms. The summed E-state index contributed by atoms with van der Waals surface area (Å²) in [6.45, 7) is 6.52. The Morgan fingerprint density at radius 3 is 2.77 bits per heavy atom. The standard InChI is InChI=1S/C22H27FN2O/c1-3-24(15-18-8-5-10-20(23)14-18)22(26)16-25-12-6-11-21(25)19-9-4-7-17(2)13-19/h4-5,7-10,13-14,21H,3,6,11-12,15-16H2,1-2H3. The van der Waals surface area contributed by atoms with Crippen LogP contribution in [0.5, 0.6) is 0 Å². The van der Waals surface area contributed by atoms with Crippen LogP contribution in [0.4, 0.5) is 4.39 Å². The smallest absolute Gasteiger partial charge is 0.237 e. The highest BCUT2D eigenvalue weighted by Gasteiger charge is 2.28. The first-order valence-corrected chi connectivity index (χ1v) is 9.39. The van der Waals surface area contributed by atoms with Crippen molar-refractivity contribution >= 4 is 5.91 Å². The maximum Gasteiger partial charge on any atom is 0.237 e. The molecule has 0 bridgehead atoms. The van der Waals surface area contributed by atoms with Crippen molar-refractivity contribution in [1.82, 2.24) is 9.80 Å². The third-order valence-corrected chi connectivity index (χ3v) is 5.13. The van der Waals surface area contributed by atoms with E-state index in [4.69, 9.17) is 0 Å². The number of aryl methyl sites for hydroxylation is 1. The molecule has 138 valence electrons. The van der Waals surface area contributed by atoms with Crippen molar-refractivity contribution in [3.8, 4) is 0 Å². The van der Waals surface area contributed by atoms with Gasteiger partial charge in [-0.25, -0.2) is 4.39 Å². The highest BCUT2D eigenvalue weighted by molar-refractivity contribution is 5.78. The van der Waals surface area contributed by atoms with Crippen LogP contribution in [0, 0.1) is 12.7 Å². The Labute approximate surface area is 155 Å². The van der Waals surface area contributed by atoms with Gasteiger partial charge in [0.15, 0.2) is 0 Å². The van der Waals surface area contributed by atoms with E-state index in [1.165, 1.54) is 23.3 Å². The van der Waals surface area contributed by atoms with E-state index in [9.17, 15) is 9.18 Å². The van der Waals surface area contributed by atoms with Gasteiger partial charge in [-0.05, 0) is 56.5 Å². The van der Waals surface area contributed by atoms with Crippen molar-refractivity contribution in [3.05, 3.63) is 71.0 Å². The summed E-state index contributed by atoms with van der Waals surface area (Å²) in [7, 11) is 0. The molecule has 0 aliphatic carbocycles. The van der Waals surface area contributed by atoms with Gasteiger partial charge in [-0.1, -0.05) is 42.0 Å². The van der Waals surface area contributed by atoms with E-state index in [-0.39, 0.29) is 11.7 Å². The van der Waals surface area contributed by atoms with E-state index < -0.39 is 0 Å². The first-order valence-electron chi connectivity index (χ1n) is 9.39. The van der Waals surface area contributed by atoms with Crippen molar-refractivity contribution in [1.29, 1.82) is 0 Å². The Morgan fingerprint density at radius 2 is 2.04 bits per heavy atom. The first kappa shape index (κ1) is 18.6. The van der Waals surface area contributed by atoms with Crippen LogP contribution in [0.3, 0.4) is 0 Å². The molecule has 1 heterocycles. The summed E-state index contributed by atoms with van der Waals surface area (Å²) < 4.78 is 13.4. The largest absolute Gasteiger partial charge is 0.338 e. The van der Waals surface area contributed by atoms with Gasteiger partial charge in [-0.3, -0.25) is 9.69 Å². The fraction of sp³-hybridized carbons (Fsp3) is 0.409. The van der Waals surface area contributed by atoms with Gasteiger partial charge in [0.25, 0.3) is 0 Å². The highest BCUT2D eigenvalue weighted by Crippen LogP contribution is 2.32. The Bertz CT molecular complexity index is 761. The molecule has 0 saturated carbocycles. The lowest BCUT2D eigenvalue weighted by Crippen LogP contribution is -2.39. The number of carbonyl (C=O) groups is 1. The second-order valence-corrected chi connectivity index (χ2v) is 7.08. The van der Waals surface area contributed by atoms with Crippen molar-refractivity contribution in [2.45, 2.75) is 39.3 Å². The highest BCUT2D eigenvalue weighted by atomic mass is 19.1. The molecule has 0 aromatic heterocycles. The van der Waals surface area contributed by atoms with Gasteiger partial charge in [0, 0.05) is 19.1 Å². The lowest BCUT2D eigenvalue weighted by molar-refractivity contribution is -0.133. The van der Waals surface area contributed by atoms with Crippen LogP contribution < -0.4 is 0 Å². The van der Waals surface area contributed by atoms with Gasteiger partial charge in [0.05, 0.1) is 6.54 Å². The number of likely N-dealkylation sites (N-methyl/N-ethyl adjacent to an activating group) is 1. The van der Waals surface area contributed by atoms with Crippen molar-refractivity contribution < 1.29 is 9.18 Å². The minimum Gasteiger partial charge on any atom is -0.338 e. The minimum absolute atomic E-state index is 0.108. The summed E-state index contributed by atoms with van der Waals surface area (Å²) in [6, 6.07) is 15.4. The third kappa shape index (κ3) is 4.50. The number of rotatable bonds is 6. The summed E-state index contributed by atoms with van der Waals surface area (Å²) in [5, 5.41) is 0. The molecule has 3 rings (SSSR count). The Kier molecular flexibility index (Phi) is 6.04. The van der Waals surface area contributed by atoms with Crippen LogP contribution in [0.2, 0.25) is 0 Å². The van der Waals surface area contributed by atoms with Crippen LogP contribution in [-0.4, -0.2) is 35.3 Å². The molecule has 1 unspecified atom stereocenters. The van der Waals surface area contributed by atoms with Gasteiger partial charge in [-0.2, -0.15) is 0 Å². The number of likely N-dealkylation sites (tertiary alicyclic amines) is 1. The zero-order valence-electron chi connectivity index (χ0n) is 15.6. The predicted molar refractivity (Wildman–Crippen MR) is 102 cm³/mol. The van der Waals surface area contributed by atoms with Gasteiger partial charge in [0.2, 0.25) is 5.91 Å². The van der Waals surface area contributed by atoms with Gasteiger partial charge in [0.1, 0.15) is 5.82 Å². The molecule has 1 aliphatic heterocycles. The quantitative estimate of drug-likeness (QED) is 0.771. The van der Waals surface area contributed by atoms with E-state index in [2.05, 4.69) is 36.1 Å². The average molecular weight is 354 g/mol. The van der Waals surface area contributed by atoms with Crippen LogP contribution in [-0.2, 0) is 11.3 Å². The molecule has 2 aromatic carbocycles. The van der Waals surface area contributed by atoms with Crippen LogP contribution in [0.15, 0.2) is 48.5 Å². The molecule has 1 amide bonds. The molecular weight excluding hydrogens is 327 g/mol. The average Bonchev–Trinajstić information content (AvgIpc) is 3.07. The second-order valence-electron chi connectivity index (χ2n) is 7.08. The molecule has 0 radical (unpaired) electrons. The van der Waals surface area contributed by atoms with Crippen molar-refractivity contribution in [2.75, 3.05) is 19.6 Å². The van der Waals surface area contributed by atoms with Crippen LogP contribution >= 0.6 is 0 Å². The van der Waals surface area contributed by atoms with Gasteiger partial charge >= 0.3 is 0 Å². The summed E-state index contributed by atoms with van der Waals surface area (Å²) in [5.41, 5.74) is 3.38. The van der Waals surface area contributed by atoms with Crippen LogP contribution in [0.1, 0.15) is 42.5 Å². The Balaban J connectivity index is 1.67. The zero-order chi connectivity index (χ0) is 18.5. The van der Waals surface area contributed by atoms with E-state index in [1.807, 2.05) is 13.0 Å². The Morgan fingerprint density at radius 1 is 1.23 bits per heavy atom. The fourth-order valence-electron chi connectivity index (χ4n) is 3.78. The van der Waals surface area contributed by atoms with Gasteiger partial charge < -0.3 is 4.90 Å². The van der Waals surface area contributed by atoms with Crippen LogP contribution in [0.25, 0.3) is 0 Å². The number of hydrogen-bond acceptors (Lipinski definition) is 2. The fourth-order valence-corrected chi connectivity index (χ4v) is 3.78. The monoisotopic (exact) mass is 354 g/mol. The molecule has 0 spiro atoms. The van der Waals surface area contributed by atoms with Crippen molar-refractivity contribution in [3.63, 3.8) is 0 Å². The summed E-state index contributed by atoms with van der Waals surface area (Å²) in [5.74, 6) is -0.152. The van der Waals surface area contributed by atoms with Gasteiger partial charge in [-0.15, -0.1) is 0 Å². The second kappa shape index (κ2) is 8.45. The minimum atomic E-state index is -0.259. The number of carbonyl (C=O) groups excluding carboxylic acids is 1. The molecular formula is C22H27FN2O. The molecule has 2 aromatic rings. The summed E-state index contributed by atoms with van der Waals surface area (Å²) >= 11 is 0. The Hall–Kier alpha value is -2.20. The third-order valence-electron chi connectivity index (χ3n) is 5.13. The number of nitrogens with zero attached hydrogens (tertiary/aromatic N) is 2. The molecule has 1 aliphatic rings. The maximum atomic E-state index is 13.4. The normalized spacial score (nSPS) is 17.4. The lowest BCUT2D eigenvalue weighted by Gasteiger charge is -2.28. The molecule has 26 heavy (non-hydrogen) atoms. The topological polar surface area (TPSA) is 23.6 Å². The van der Waals surface area contributed by atoms with E-state index in [0.29, 0.717) is 25.7 Å². The number of hydrogen-bond donors (Lipinski definition) is 0. The molecule has 0 N–H and O–H groups in total. The zero-order valence-corrected chi connectivity index (χ0v) is 15.6. The maximum absolute atomic E-state index is 13.4. The lowest BCUT2D eigenvalue weighted by atomic mass is 10.0. The van der Waals surface area contributed by atoms with E-state index in [0.717, 1.165) is 24.9 Å². The number of amides is 1. The summed E-state index contributed by atoms with van der Waals surface area (Å²) in [4.78, 5) is 16.9. The molecule has 1 atom stereocenters. The molecule has 1 fully saturated rings. The molecule has 3 nitrogen and oxygen atoms in total. The molecule has 1 saturated heterocycles.